The van der Waals surface area contributed by atoms with E-state index in [0.29, 0.717) is 29.4 Å². The summed E-state index contributed by atoms with van der Waals surface area (Å²) in [6.45, 7) is 3.03. The van der Waals surface area contributed by atoms with Crippen LogP contribution in [0.2, 0.25) is 5.02 Å². The van der Waals surface area contributed by atoms with Gasteiger partial charge in [-0.05, 0) is 54.6 Å². The maximum atomic E-state index is 13.1. The maximum Gasteiger partial charge on any atom is 0.254 e. The number of anilines is 1. The van der Waals surface area contributed by atoms with Gasteiger partial charge >= 0.3 is 0 Å². The molecule has 0 saturated carbocycles. The number of hydrogen-bond donors (Lipinski definition) is 0. The second-order valence-electron chi connectivity index (χ2n) is 7.37. The van der Waals surface area contributed by atoms with E-state index in [2.05, 4.69) is 22.2 Å². The number of halogens is 1. The number of nitrogens with zero attached hydrogens (tertiary/aromatic N) is 3. The Bertz CT molecular complexity index is 1180. The van der Waals surface area contributed by atoms with Gasteiger partial charge in [-0.1, -0.05) is 35.0 Å². The van der Waals surface area contributed by atoms with Gasteiger partial charge in [0.1, 0.15) is 5.52 Å². The number of fused-ring (bicyclic) bond motifs is 1. The molecule has 150 valence electrons. The average molecular weight is 418 g/mol. The number of rotatable bonds is 3. The molecule has 0 spiro atoms. The third-order valence-corrected chi connectivity index (χ3v) is 5.77. The highest BCUT2D eigenvalue weighted by atomic mass is 35.5. The number of piperazine rings is 1. The quantitative estimate of drug-likeness (QED) is 0.464. The van der Waals surface area contributed by atoms with Crippen molar-refractivity contribution in [3.05, 3.63) is 83.4 Å². The molecule has 0 aliphatic carbocycles. The van der Waals surface area contributed by atoms with Crippen LogP contribution >= 0.6 is 11.6 Å². The van der Waals surface area contributed by atoms with Gasteiger partial charge < -0.3 is 14.3 Å². The molecule has 5 nitrogen and oxygen atoms in total. The summed E-state index contributed by atoms with van der Waals surface area (Å²) in [4.78, 5) is 17.4. The fraction of sp³-hybridized carbons (Fsp3) is 0.167. The van der Waals surface area contributed by atoms with E-state index in [1.54, 1.807) is 0 Å². The Balaban J connectivity index is 1.36. The first-order valence-corrected chi connectivity index (χ1v) is 10.3. The van der Waals surface area contributed by atoms with E-state index in [9.17, 15) is 4.79 Å². The third-order valence-electron chi connectivity index (χ3n) is 5.52. The fourth-order valence-electron chi connectivity index (χ4n) is 3.87. The number of hydrogen-bond acceptors (Lipinski definition) is 4. The summed E-state index contributed by atoms with van der Waals surface area (Å²) in [7, 11) is 0. The molecular weight excluding hydrogens is 398 g/mol. The minimum absolute atomic E-state index is 0.0351. The highest BCUT2D eigenvalue weighted by Gasteiger charge is 2.23. The number of aromatic nitrogens is 1. The van der Waals surface area contributed by atoms with E-state index >= 15 is 0 Å². The van der Waals surface area contributed by atoms with Gasteiger partial charge in [-0.2, -0.15) is 0 Å². The minimum atomic E-state index is 0.0351. The standard InChI is InChI=1S/C24H20ClN3O2/c25-19-9-6-17(7-10-19)23-21-16-18(8-11-22(21)26-30-23)24(29)28-14-12-27(13-15-28)20-4-2-1-3-5-20/h1-11,16H,12-15H2. The molecule has 1 aromatic heterocycles. The van der Waals surface area contributed by atoms with Crippen LogP contribution in [0.5, 0.6) is 0 Å². The molecule has 30 heavy (non-hydrogen) atoms. The Morgan fingerprint density at radius 2 is 1.63 bits per heavy atom. The molecule has 0 unspecified atom stereocenters. The van der Waals surface area contributed by atoms with E-state index in [1.807, 2.05) is 65.6 Å². The van der Waals surface area contributed by atoms with Crippen LogP contribution in [-0.4, -0.2) is 42.1 Å². The van der Waals surface area contributed by atoms with Crippen molar-refractivity contribution in [2.75, 3.05) is 31.1 Å². The molecule has 6 heteroatoms. The van der Waals surface area contributed by atoms with Gasteiger partial charge in [0, 0.05) is 48.0 Å². The van der Waals surface area contributed by atoms with Gasteiger partial charge in [0.25, 0.3) is 5.91 Å². The van der Waals surface area contributed by atoms with E-state index in [-0.39, 0.29) is 5.91 Å². The lowest BCUT2D eigenvalue weighted by Crippen LogP contribution is -2.48. The summed E-state index contributed by atoms with van der Waals surface area (Å²) in [5.41, 5.74) is 3.45. The molecule has 1 saturated heterocycles. The Morgan fingerprint density at radius 3 is 2.37 bits per heavy atom. The largest absolute Gasteiger partial charge is 0.368 e. The van der Waals surface area contributed by atoms with Crippen molar-refractivity contribution in [1.29, 1.82) is 0 Å². The zero-order valence-corrected chi connectivity index (χ0v) is 17.0. The number of carbonyl (C=O) groups is 1. The summed E-state index contributed by atoms with van der Waals surface area (Å²) >= 11 is 5.99. The Hall–Kier alpha value is -3.31. The predicted molar refractivity (Wildman–Crippen MR) is 119 cm³/mol. The van der Waals surface area contributed by atoms with E-state index < -0.39 is 0 Å². The number of benzene rings is 3. The van der Waals surface area contributed by atoms with Crippen molar-refractivity contribution in [2.24, 2.45) is 0 Å². The molecule has 0 radical (unpaired) electrons. The number of amides is 1. The summed E-state index contributed by atoms with van der Waals surface area (Å²) in [5, 5.41) is 5.62. The smallest absolute Gasteiger partial charge is 0.254 e. The average Bonchev–Trinajstić information content (AvgIpc) is 3.23. The van der Waals surface area contributed by atoms with Crippen LogP contribution in [0.25, 0.3) is 22.2 Å². The van der Waals surface area contributed by atoms with E-state index in [1.165, 1.54) is 5.69 Å². The Labute approximate surface area is 179 Å². The fourth-order valence-corrected chi connectivity index (χ4v) is 4.00. The third kappa shape index (κ3) is 3.53. The zero-order chi connectivity index (χ0) is 20.5. The van der Waals surface area contributed by atoms with Crippen LogP contribution in [0.3, 0.4) is 0 Å². The van der Waals surface area contributed by atoms with Crippen molar-refractivity contribution in [3.63, 3.8) is 0 Å². The molecule has 5 rings (SSSR count). The number of carbonyl (C=O) groups excluding carboxylic acids is 1. The normalized spacial score (nSPS) is 14.3. The zero-order valence-electron chi connectivity index (χ0n) is 16.3. The van der Waals surface area contributed by atoms with E-state index in [0.717, 1.165) is 29.6 Å². The molecule has 3 aromatic carbocycles. The highest BCUT2D eigenvalue weighted by molar-refractivity contribution is 6.30. The molecule has 1 aliphatic rings. The molecule has 0 N–H and O–H groups in total. The lowest BCUT2D eigenvalue weighted by molar-refractivity contribution is 0.0747. The summed E-state index contributed by atoms with van der Waals surface area (Å²) < 4.78 is 5.56. The molecule has 0 atom stereocenters. The first-order chi connectivity index (χ1) is 14.7. The topological polar surface area (TPSA) is 49.6 Å². The molecule has 0 bridgehead atoms. The van der Waals surface area contributed by atoms with Gasteiger partial charge in [-0.15, -0.1) is 0 Å². The number of para-hydroxylation sites is 1. The van der Waals surface area contributed by atoms with Crippen LogP contribution in [0, 0.1) is 0 Å². The first-order valence-electron chi connectivity index (χ1n) is 9.94. The Morgan fingerprint density at radius 1 is 0.900 bits per heavy atom. The van der Waals surface area contributed by atoms with Crippen molar-refractivity contribution in [1.82, 2.24) is 10.1 Å². The van der Waals surface area contributed by atoms with Crippen LogP contribution in [-0.2, 0) is 0 Å². The summed E-state index contributed by atoms with van der Waals surface area (Å²) in [6.07, 6.45) is 0. The lowest BCUT2D eigenvalue weighted by atomic mass is 10.1. The van der Waals surface area contributed by atoms with Crippen LogP contribution in [0.15, 0.2) is 77.3 Å². The molecular formula is C24H20ClN3O2. The monoisotopic (exact) mass is 417 g/mol. The van der Waals surface area contributed by atoms with Gasteiger partial charge in [0.15, 0.2) is 5.76 Å². The molecule has 1 fully saturated rings. The summed E-state index contributed by atoms with van der Waals surface area (Å²) in [6, 6.07) is 23.3. The molecule has 1 amide bonds. The second kappa shape index (κ2) is 7.84. The minimum Gasteiger partial charge on any atom is -0.368 e. The lowest BCUT2D eigenvalue weighted by Gasteiger charge is -2.36. The maximum absolute atomic E-state index is 13.1. The van der Waals surface area contributed by atoms with Crippen molar-refractivity contribution >= 4 is 34.1 Å². The van der Waals surface area contributed by atoms with Gasteiger partial charge in [-0.25, -0.2) is 0 Å². The summed E-state index contributed by atoms with van der Waals surface area (Å²) in [5.74, 6) is 0.679. The molecule has 4 aromatic rings. The Kier molecular flexibility index (Phi) is 4.89. The van der Waals surface area contributed by atoms with Crippen LogP contribution < -0.4 is 4.90 Å². The SMILES string of the molecule is O=C(c1ccc2noc(-c3ccc(Cl)cc3)c2c1)N1CCN(c2ccccc2)CC1. The van der Waals surface area contributed by atoms with Crippen molar-refractivity contribution in [3.8, 4) is 11.3 Å². The molecule has 1 aliphatic heterocycles. The van der Waals surface area contributed by atoms with Crippen molar-refractivity contribution in [2.45, 2.75) is 0 Å². The predicted octanol–water partition coefficient (Wildman–Crippen LogP) is 5.11. The first kappa shape index (κ1) is 18.7. The van der Waals surface area contributed by atoms with Crippen molar-refractivity contribution < 1.29 is 9.32 Å². The van der Waals surface area contributed by atoms with Crippen LogP contribution in [0.4, 0.5) is 5.69 Å². The second-order valence-corrected chi connectivity index (χ2v) is 7.80. The van der Waals surface area contributed by atoms with E-state index in [4.69, 9.17) is 16.1 Å². The highest BCUT2D eigenvalue weighted by Crippen LogP contribution is 2.30. The molecule has 2 heterocycles. The van der Waals surface area contributed by atoms with Gasteiger partial charge in [0.05, 0.1) is 5.39 Å². The van der Waals surface area contributed by atoms with Gasteiger partial charge in [-0.3, -0.25) is 4.79 Å². The van der Waals surface area contributed by atoms with Gasteiger partial charge in [0.2, 0.25) is 0 Å². The van der Waals surface area contributed by atoms with Crippen LogP contribution in [0.1, 0.15) is 10.4 Å².